The van der Waals surface area contributed by atoms with Gasteiger partial charge in [-0.3, -0.25) is 4.79 Å². The van der Waals surface area contributed by atoms with Crippen molar-refractivity contribution < 1.29 is 17.9 Å². The molecule has 2 unspecified atom stereocenters. The zero-order valence-corrected chi connectivity index (χ0v) is 16.4. The van der Waals surface area contributed by atoms with Gasteiger partial charge in [-0.15, -0.1) is 0 Å². The van der Waals surface area contributed by atoms with E-state index in [1.54, 1.807) is 24.4 Å². The summed E-state index contributed by atoms with van der Waals surface area (Å²) in [4.78, 5) is 16.7. The van der Waals surface area contributed by atoms with Crippen molar-refractivity contribution >= 4 is 21.7 Å². The van der Waals surface area contributed by atoms with Crippen molar-refractivity contribution in [3.63, 3.8) is 0 Å². The molecule has 1 aliphatic rings. The summed E-state index contributed by atoms with van der Waals surface area (Å²) in [5, 5.41) is 2.68. The van der Waals surface area contributed by atoms with Crippen LogP contribution in [0.2, 0.25) is 0 Å². The quantitative estimate of drug-likeness (QED) is 0.868. The van der Waals surface area contributed by atoms with Crippen LogP contribution in [0.3, 0.4) is 0 Å². The summed E-state index contributed by atoms with van der Waals surface area (Å²) in [6.45, 7) is 6.17. The molecule has 144 valence electrons. The molecule has 1 aromatic heterocycles. The van der Waals surface area contributed by atoms with Gasteiger partial charge < -0.3 is 10.1 Å². The van der Waals surface area contributed by atoms with E-state index < -0.39 is 15.9 Å². The number of carbonyl (C=O) groups is 1. The van der Waals surface area contributed by atoms with Crippen molar-refractivity contribution in [2.24, 2.45) is 0 Å². The molecule has 1 aliphatic heterocycles. The van der Waals surface area contributed by atoms with Crippen molar-refractivity contribution in [1.29, 1.82) is 0 Å². The van der Waals surface area contributed by atoms with Crippen molar-refractivity contribution in [2.75, 3.05) is 18.4 Å². The maximum atomic E-state index is 13.0. The lowest BCUT2D eigenvalue weighted by atomic mass is 10.2. The number of anilines is 1. The Labute approximate surface area is 159 Å². The highest BCUT2D eigenvalue weighted by molar-refractivity contribution is 7.89. The van der Waals surface area contributed by atoms with Gasteiger partial charge in [-0.1, -0.05) is 12.1 Å². The van der Waals surface area contributed by atoms with Gasteiger partial charge in [0, 0.05) is 24.8 Å². The Morgan fingerprint density at radius 2 is 1.89 bits per heavy atom. The van der Waals surface area contributed by atoms with E-state index >= 15 is 0 Å². The predicted octanol–water partition coefficient (Wildman–Crippen LogP) is 2.44. The molecule has 0 radical (unpaired) electrons. The SMILES string of the molecule is Cc1ccc(NC(=O)c2cccc(S(=O)(=O)N3CC(C)OC(C)C3)c2)nc1. The molecule has 1 N–H and O–H groups in total. The fraction of sp³-hybridized carbons (Fsp3) is 0.368. The standard InChI is InChI=1S/C19H23N3O4S/c1-13-7-8-18(20-10-13)21-19(23)16-5-4-6-17(9-16)27(24,25)22-11-14(2)26-15(3)12-22/h4-10,14-15H,11-12H2,1-3H3,(H,20,21,23). The van der Waals surface area contributed by atoms with Crippen LogP contribution in [-0.2, 0) is 14.8 Å². The third-order valence-electron chi connectivity index (χ3n) is 4.27. The number of nitrogens with one attached hydrogen (secondary N) is 1. The molecule has 2 heterocycles. The van der Waals surface area contributed by atoms with E-state index in [1.165, 1.54) is 16.4 Å². The molecule has 8 heteroatoms. The topological polar surface area (TPSA) is 88.6 Å². The van der Waals surface area contributed by atoms with E-state index in [1.807, 2.05) is 26.8 Å². The molecule has 1 amide bonds. The average Bonchev–Trinajstić information content (AvgIpc) is 2.63. The zero-order chi connectivity index (χ0) is 19.6. The van der Waals surface area contributed by atoms with Crippen LogP contribution in [0.25, 0.3) is 0 Å². The predicted molar refractivity (Wildman–Crippen MR) is 102 cm³/mol. The first-order valence-electron chi connectivity index (χ1n) is 8.75. The Hall–Kier alpha value is -2.29. The lowest BCUT2D eigenvalue weighted by Crippen LogP contribution is -2.48. The van der Waals surface area contributed by atoms with E-state index in [4.69, 9.17) is 4.74 Å². The zero-order valence-electron chi connectivity index (χ0n) is 15.5. The molecule has 1 fully saturated rings. The van der Waals surface area contributed by atoms with Gasteiger partial charge >= 0.3 is 0 Å². The lowest BCUT2D eigenvalue weighted by molar-refractivity contribution is -0.0440. The molecule has 0 aliphatic carbocycles. The first-order valence-corrected chi connectivity index (χ1v) is 10.2. The molecule has 27 heavy (non-hydrogen) atoms. The third kappa shape index (κ3) is 4.52. The Bertz CT molecular complexity index is 918. The van der Waals surface area contributed by atoms with Crippen molar-refractivity contribution in [3.05, 3.63) is 53.7 Å². The summed E-state index contributed by atoms with van der Waals surface area (Å²) in [6.07, 6.45) is 1.29. The maximum Gasteiger partial charge on any atom is 0.256 e. The molecule has 0 saturated carbocycles. The molecule has 7 nitrogen and oxygen atoms in total. The van der Waals surface area contributed by atoms with E-state index in [0.29, 0.717) is 5.82 Å². The van der Waals surface area contributed by atoms with Gasteiger partial charge in [0.05, 0.1) is 17.1 Å². The number of nitrogens with zero attached hydrogens (tertiary/aromatic N) is 2. The highest BCUT2D eigenvalue weighted by Gasteiger charge is 2.32. The van der Waals surface area contributed by atoms with Crippen LogP contribution in [0.4, 0.5) is 5.82 Å². The molecule has 3 rings (SSSR count). The van der Waals surface area contributed by atoms with Gasteiger partial charge in [0.25, 0.3) is 5.91 Å². The Morgan fingerprint density at radius 3 is 2.52 bits per heavy atom. The minimum atomic E-state index is -3.70. The number of hydrogen-bond donors (Lipinski definition) is 1. The molecule has 2 atom stereocenters. The Balaban J connectivity index is 1.82. The fourth-order valence-corrected chi connectivity index (χ4v) is 4.64. The van der Waals surface area contributed by atoms with E-state index in [-0.39, 0.29) is 35.8 Å². The van der Waals surface area contributed by atoms with Crippen molar-refractivity contribution in [1.82, 2.24) is 9.29 Å². The van der Waals surface area contributed by atoms with E-state index in [2.05, 4.69) is 10.3 Å². The smallest absolute Gasteiger partial charge is 0.256 e. The largest absolute Gasteiger partial charge is 0.373 e. The molecule has 1 saturated heterocycles. The summed E-state index contributed by atoms with van der Waals surface area (Å²) in [5.41, 5.74) is 1.24. The second kappa shape index (κ2) is 7.75. The van der Waals surface area contributed by atoms with Crippen LogP contribution in [0.5, 0.6) is 0 Å². The molecule has 0 bridgehead atoms. The summed E-state index contributed by atoms with van der Waals surface area (Å²) < 4.78 is 33.0. The molecular formula is C19H23N3O4S. The Morgan fingerprint density at radius 1 is 1.19 bits per heavy atom. The number of morpholine rings is 1. The molecule has 1 aromatic carbocycles. The van der Waals surface area contributed by atoms with Crippen LogP contribution in [0, 0.1) is 6.92 Å². The number of ether oxygens (including phenoxy) is 1. The molecular weight excluding hydrogens is 366 g/mol. The van der Waals surface area contributed by atoms with Crippen LogP contribution in [0.1, 0.15) is 29.8 Å². The number of pyridine rings is 1. The highest BCUT2D eigenvalue weighted by atomic mass is 32.2. The summed E-state index contributed by atoms with van der Waals surface area (Å²) >= 11 is 0. The minimum absolute atomic E-state index is 0.0910. The number of benzene rings is 1. The van der Waals surface area contributed by atoms with E-state index in [0.717, 1.165) is 5.56 Å². The number of aryl methyl sites for hydroxylation is 1. The second-order valence-electron chi connectivity index (χ2n) is 6.78. The van der Waals surface area contributed by atoms with Crippen LogP contribution < -0.4 is 5.32 Å². The number of carbonyl (C=O) groups excluding carboxylic acids is 1. The lowest BCUT2D eigenvalue weighted by Gasteiger charge is -2.34. The average molecular weight is 389 g/mol. The number of aromatic nitrogens is 1. The first-order chi connectivity index (χ1) is 12.8. The van der Waals surface area contributed by atoms with Crippen molar-refractivity contribution in [3.8, 4) is 0 Å². The number of sulfonamides is 1. The van der Waals surface area contributed by atoms with Gasteiger partial charge in [0.15, 0.2) is 0 Å². The van der Waals surface area contributed by atoms with Crippen molar-refractivity contribution in [2.45, 2.75) is 37.9 Å². The molecule has 0 spiro atoms. The number of rotatable bonds is 4. The second-order valence-corrected chi connectivity index (χ2v) is 8.72. The summed E-state index contributed by atoms with van der Waals surface area (Å²) in [7, 11) is -3.70. The van der Waals surface area contributed by atoms with Gasteiger partial charge in [-0.05, 0) is 50.6 Å². The number of hydrogen-bond acceptors (Lipinski definition) is 5. The number of amides is 1. The van der Waals surface area contributed by atoms with Gasteiger partial charge in [0.2, 0.25) is 10.0 Å². The summed E-state index contributed by atoms with van der Waals surface area (Å²) in [6, 6.07) is 9.57. The van der Waals surface area contributed by atoms with Gasteiger partial charge in [0.1, 0.15) is 5.82 Å². The van der Waals surface area contributed by atoms with Gasteiger partial charge in [-0.2, -0.15) is 4.31 Å². The highest BCUT2D eigenvalue weighted by Crippen LogP contribution is 2.22. The van der Waals surface area contributed by atoms with Crippen LogP contribution in [-0.4, -0.2) is 48.9 Å². The van der Waals surface area contributed by atoms with Crippen LogP contribution in [0.15, 0.2) is 47.5 Å². The minimum Gasteiger partial charge on any atom is -0.373 e. The maximum absolute atomic E-state index is 13.0. The third-order valence-corrected chi connectivity index (χ3v) is 6.10. The Kier molecular flexibility index (Phi) is 5.59. The molecule has 2 aromatic rings. The van der Waals surface area contributed by atoms with Crippen LogP contribution >= 0.6 is 0 Å². The van der Waals surface area contributed by atoms with Gasteiger partial charge in [-0.25, -0.2) is 13.4 Å². The normalized spacial score (nSPS) is 21.0. The summed E-state index contributed by atoms with van der Waals surface area (Å²) in [5.74, 6) is 0.00167. The monoisotopic (exact) mass is 389 g/mol. The first kappa shape index (κ1) is 19.5. The van der Waals surface area contributed by atoms with E-state index in [9.17, 15) is 13.2 Å². The fourth-order valence-electron chi connectivity index (χ4n) is 3.00.